The Hall–Kier alpha value is -4.19. The lowest BCUT2D eigenvalue weighted by molar-refractivity contribution is -0.119. The summed E-state index contributed by atoms with van der Waals surface area (Å²) in [6.45, 7) is 8.17. The second kappa shape index (κ2) is 9.23. The second-order valence-electron chi connectivity index (χ2n) is 10.6. The van der Waals surface area contributed by atoms with Crippen molar-refractivity contribution in [2.75, 3.05) is 17.2 Å². The summed E-state index contributed by atoms with van der Waals surface area (Å²) in [7, 11) is 0. The standard InChI is InChI=1S/C27H27F3N6O3/c1-13-20(23-33-21(31-12-26(2,3)38)18-22(34-23)35-25(37)27(18,4)5)36-10-6-7-17(24(36)32-13)39-11-14-15(28)8-9-16(29)19(14)30/h6-10,38H,11-12H2,1-5H3,(H2,31,33,34,35,37). The van der Waals surface area contributed by atoms with Gasteiger partial charge >= 0.3 is 0 Å². The first-order chi connectivity index (χ1) is 18.3. The minimum absolute atomic E-state index is 0.164. The Balaban J connectivity index is 1.58. The topological polar surface area (TPSA) is 114 Å². The highest BCUT2D eigenvalue weighted by molar-refractivity contribution is 6.06. The summed E-state index contributed by atoms with van der Waals surface area (Å²) in [5.74, 6) is -2.48. The van der Waals surface area contributed by atoms with Crippen molar-refractivity contribution in [2.45, 2.75) is 52.2 Å². The van der Waals surface area contributed by atoms with E-state index in [2.05, 4.69) is 20.6 Å². The predicted molar refractivity (Wildman–Crippen MR) is 138 cm³/mol. The molecule has 0 bridgehead atoms. The molecule has 204 valence electrons. The van der Waals surface area contributed by atoms with Gasteiger partial charge in [0.15, 0.2) is 28.9 Å². The monoisotopic (exact) mass is 540 g/mol. The number of aromatic nitrogens is 4. The molecule has 0 aliphatic carbocycles. The highest BCUT2D eigenvalue weighted by Crippen LogP contribution is 2.42. The number of aryl methyl sites for hydroxylation is 1. The first-order valence-electron chi connectivity index (χ1n) is 12.2. The van der Waals surface area contributed by atoms with Crippen LogP contribution in [-0.4, -0.2) is 42.5 Å². The predicted octanol–water partition coefficient (Wildman–Crippen LogP) is 4.51. The van der Waals surface area contributed by atoms with Crippen molar-refractivity contribution in [1.29, 1.82) is 0 Å². The van der Waals surface area contributed by atoms with E-state index in [9.17, 15) is 23.1 Å². The summed E-state index contributed by atoms with van der Waals surface area (Å²) in [4.78, 5) is 26.6. The van der Waals surface area contributed by atoms with Gasteiger partial charge in [-0.25, -0.2) is 28.1 Å². The molecule has 39 heavy (non-hydrogen) atoms. The molecule has 1 amide bonds. The van der Waals surface area contributed by atoms with Gasteiger partial charge in [0.05, 0.1) is 27.8 Å². The van der Waals surface area contributed by atoms with Crippen LogP contribution in [0, 0.1) is 24.4 Å². The molecule has 3 N–H and O–H groups in total. The van der Waals surface area contributed by atoms with Crippen molar-refractivity contribution in [3.8, 4) is 17.3 Å². The maximum absolute atomic E-state index is 14.2. The van der Waals surface area contributed by atoms with E-state index in [1.54, 1.807) is 57.3 Å². The van der Waals surface area contributed by atoms with Crippen LogP contribution in [0.15, 0.2) is 30.5 Å². The van der Waals surface area contributed by atoms with Gasteiger partial charge in [0, 0.05) is 12.7 Å². The largest absolute Gasteiger partial charge is 0.485 e. The molecule has 1 aliphatic heterocycles. The van der Waals surface area contributed by atoms with Gasteiger partial charge in [0.2, 0.25) is 5.91 Å². The molecule has 1 aromatic carbocycles. The third kappa shape index (κ3) is 4.65. The van der Waals surface area contributed by atoms with Crippen LogP contribution in [0.4, 0.5) is 24.8 Å². The van der Waals surface area contributed by atoms with Gasteiger partial charge in [-0.3, -0.25) is 9.20 Å². The lowest BCUT2D eigenvalue weighted by Gasteiger charge is -2.23. The summed E-state index contributed by atoms with van der Waals surface area (Å²) >= 11 is 0. The van der Waals surface area contributed by atoms with Crippen molar-refractivity contribution < 1.29 is 27.8 Å². The number of rotatable bonds is 7. The van der Waals surface area contributed by atoms with E-state index in [4.69, 9.17) is 9.72 Å². The summed E-state index contributed by atoms with van der Waals surface area (Å²) in [5.41, 5.74) is -0.588. The van der Waals surface area contributed by atoms with Crippen molar-refractivity contribution in [1.82, 2.24) is 19.4 Å². The molecule has 4 heterocycles. The van der Waals surface area contributed by atoms with Crippen LogP contribution in [-0.2, 0) is 16.8 Å². The fourth-order valence-corrected chi connectivity index (χ4v) is 4.44. The van der Waals surface area contributed by atoms with E-state index in [1.807, 2.05) is 0 Å². The zero-order valence-electron chi connectivity index (χ0n) is 22.0. The molecule has 0 unspecified atom stereocenters. The molecular formula is C27H27F3N6O3. The molecule has 0 spiro atoms. The van der Waals surface area contributed by atoms with Crippen LogP contribution in [0.25, 0.3) is 17.2 Å². The van der Waals surface area contributed by atoms with Gasteiger partial charge in [-0.05, 0) is 58.9 Å². The first-order valence-corrected chi connectivity index (χ1v) is 12.2. The number of anilines is 2. The molecule has 4 aromatic rings. The van der Waals surface area contributed by atoms with Crippen LogP contribution in [0.2, 0.25) is 0 Å². The fraction of sp³-hybridized carbons (Fsp3) is 0.333. The number of carbonyl (C=O) groups is 1. The lowest BCUT2D eigenvalue weighted by Crippen LogP contribution is -2.32. The van der Waals surface area contributed by atoms with Crippen LogP contribution >= 0.6 is 0 Å². The zero-order valence-corrected chi connectivity index (χ0v) is 22.0. The number of hydrogen-bond donors (Lipinski definition) is 3. The Morgan fingerprint density at radius 1 is 1.13 bits per heavy atom. The average Bonchev–Trinajstić information content (AvgIpc) is 3.31. The number of imidazole rings is 1. The molecule has 5 rings (SSSR count). The smallest absolute Gasteiger partial charge is 0.235 e. The molecule has 9 nitrogen and oxygen atoms in total. The molecule has 0 atom stereocenters. The van der Waals surface area contributed by atoms with Gasteiger partial charge in [0.1, 0.15) is 29.8 Å². The minimum atomic E-state index is -1.32. The number of carbonyl (C=O) groups excluding carboxylic acids is 1. The number of pyridine rings is 1. The second-order valence-corrected chi connectivity index (χ2v) is 10.6. The van der Waals surface area contributed by atoms with E-state index in [0.717, 1.165) is 6.07 Å². The van der Waals surface area contributed by atoms with Crippen LogP contribution in [0.5, 0.6) is 5.75 Å². The maximum atomic E-state index is 14.2. The minimum Gasteiger partial charge on any atom is -0.485 e. The summed E-state index contributed by atoms with van der Waals surface area (Å²) < 4.78 is 49.2. The Labute approximate surface area is 222 Å². The van der Waals surface area contributed by atoms with Crippen molar-refractivity contribution in [3.05, 3.63) is 64.7 Å². The van der Waals surface area contributed by atoms with E-state index >= 15 is 0 Å². The summed E-state index contributed by atoms with van der Waals surface area (Å²) in [6.07, 6.45) is 1.70. The van der Waals surface area contributed by atoms with Crippen molar-refractivity contribution in [3.63, 3.8) is 0 Å². The number of halogens is 3. The van der Waals surface area contributed by atoms with E-state index in [-0.39, 0.29) is 24.0 Å². The Morgan fingerprint density at radius 2 is 1.85 bits per heavy atom. The Kier molecular flexibility index (Phi) is 6.25. The quantitative estimate of drug-likeness (QED) is 0.296. The third-order valence-electron chi connectivity index (χ3n) is 6.53. The van der Waals surface area contributed by atoms with Crippen molar-refractivity contribution >= 4 is 23.2 Å². The normalized spacial score (nSPS) is 14.4. The average molecular weight is 541 g/mol. The number of nitrogens with one attached hydrogen (secondary N) is 2. The van der Waals surface area contributed by atoms with Crippen LogP contribution < -0.4 is 15.4 Å². The van der Waals surface area contributed by atoms with Crippen LogP contribution in [0.1, 0.15) is 44.5 Å². The number of nitrogens with zero attached hydrogens (tertiary/aromatic N) is 4. The first kappa shape index (κ1) is 26.4. The number of ether oxygens (including phenoxy) is 1. The maximum Gasteiger partial charge on any atom is 0.235 e. The Bertz CT molecular complexity index is 1630. The van der Waals surface area contributed by atoms with E-state index < -0.39 is 40.6 Å². The Morgan fingerprint density at radius 3 is 2.56 bits per heavy atom. The molecule has 0 saturated carbocycles. The molecule has 0 saturated heterocycles. The number of aliphatic hydroxyl groups is 1. The number of benzene rings is 1. The highest BCUT2D eigenvalue weighted by Gasteiger charge is 2.43. The number of hydrogen-bond acceptors (Lipinski definition) is 7. The van der Waals surface area contributed by atoms with Gasteiger partial charge in [0.25, 0.3) is 0 Å². The van der Waals surface area contributed by atoms with Crippen molar-refractivity contribution in [2.24, 2.45) is 0 Å². The number of amides is 1. The number of fused-ring (bicyclic) bond motifs is 2. The summed E-state index contributed by atoms with van der Waals surface area (Å²) in [5, 5.41) is 16.2. The molecular weight excluding hydrogens is 513 g/mol. The molecule has 12 heteroatoms. The van der Waals surface area contributed by atoms with Gasteiger partial charge < -0.3 is 20.5 Å². The lowest BCUT2D eigenvalue weighted by atomic mass is 9.87. The van der Waals surface area contributed by atoms with Crippen LogP contribution in [0.3, 0.4) is 0 Å². The van der Waals surface area contributed by atoms with E-state index in [0.29, 0.717) is 40.3 Å². The third-order valence-corrected chi connectivity index (χ3v) is 6.53. The molecule has 0 fully saturated rings. The van der Waals surface area contributed by atoms with E-state index in [1.165, 1.54) is 0 Å². The molecule has 0 radical (unpaired) electrons. The van der Waals surface area contributed by atoms with Gasteiger partial charge in [-0.2, -0.15) is 0 Å². The molecule has 1 aliphatic rings. The molecule has 3 aromatic heterocycles. The fourth-order valence-electron chi connectivity index (χ4n) is 4.44. The SMILES string of the molecule is Cc1nc2c(OCc3c(F)ccc(F)c3F)cccn2c1-c1nc(NCC(C)(C)O)c2c(n1)NC(=O)C2(C)C. The summed E-state index contributed by atoms with van der Waals surface area (Å²) in [6, 6.07) is 4.77. The van der Waals surface area contributed by atoms with Gasteiger partial charge in [-0.15, -0.1) is 0 Å². The zero-order chi connectivity index (χ0) is 28.3. The highest BCUT2D eigenvalue weighted by atomic mass is 19.2. The van der Waals surface area contributed by atoms with Gasteiger partial charge in [-0.1, -0.05) is 0 Å².